The van der Waals surface area contributed by atoms with Gasteiger partial charge in [0.05, 0.1) is 12.7 Å². The van der Waals surface area contributed by atoms with E-state index in [1.807, 2.05) is 13.8 Å². The van der Waals surface area contributed by atoms with Crippen molar-refractivity contribution in [3.63, 3.8) is 0 Å². The van der Waals surface area contributed by atoms with Gasteiger partial charge in [-0.05, 0) is 20.3 Å². The number of halogens is 1. The molecule has 7 heteroatoms. The van der Waals surface area contributed by atoms with Crippen molar-refractivity contribution in [2.45, 2.75) is 45.1 Å². The summed E-state index contributed by atoms with van der Waals surface area (Å²) >= 11 is 0. The molecule has 2 rings (SSSR count). The monoisotopic (exact) mass is 255 g/mol. The lowest BCUT2D eigenvalue weighted by atomic mass is 10.2. The van der Waals surface area contributed by atoms with Gasteiger partial charge >= 0.3 is 0 Å². The highest BCUT2D eigenvalue weighted by atomic mass is 19.1. The van der Waals surface area contributed by atoms with E-state index in [1.165, 1.54) is 0 Å². The van der Waals surface area contributed by atoms with Crippen molar-refractivity contribution in [2.24, 2.45) is 0 Å². The molecule has 2 atom stereocenters. The molecule has 1 aliphatic rings. The number of nitrogens with zero attached hydrogens (tertiary/aromatic N) is 3. The first-order valence-corrected chi connectivity index (χ1v) is 6.13. The molecule has 2 heterocycles. The first-order valence-electron chi connectivity index (χ1n) is 6.13. The van der Waals surface area contributed by atoms with Gasteiger partial charge in [-0.15, -0.1) is 5.10 Å². The zero-order valence-electron chi connectivity index (χ0n) is 10.6. The summed E-state index contributed by atoms with van der Waals surface area (Å²) in [5.74, 6) is -0.237. The van der Waals surface area contributed by atoms with Gasteiger partial charge in [0.15, 0.2) is 5.69 Å². The summed E-state index contributed by atoms with van der Waals surface area (Å²) in [5, 5.41) is 13.5. The summed E-state index contributed by atoms with van der Waals surface area (Å²) in [4.78, 5) is 11.7. The van der Waals surface area contributed by atoms with Gasteiger partial charge in [0.1, 0.15) is 6.17 Å². The number of hydrogen-bond acceptors (Lipinski definition) is 4. The minimum atomic E-state index is -0.790. The van der Waals surface area contributed by atoms with Crippen molar-refractivity contribution in [1.29, 1.82) is 0 Å². The Hall–Kier alpha value is -1.50. The van der Waals surface area contributed by atoms with Crippen LogP contribution in [-0.4, -0.2) is 45.7 Å². The molecule has 1 amide bonds. The third kappa shape index (κ3) is 3.25. The van der Waals surface area contributed by atoms with Crippen LogP contribution in [0, 0.1) is 0 Å². The van der Waals surface area contributed by atoms with Crippen LogP contribution in [0.1, 0.15) is 30.8 Å². The Bertz CT molecular complexity index is 419. The lowest BCUT2D eigenvalue weighted by molar-refractivity contribution is 0.0938. The highest BCUT2D eigenvalue weighted by molar-refractivity contribution is 5.91. The molecule has 2 N–H and O–H groups in total. The van der Waals surface area contributed by atoms with Crippen LogP contribution >= 0.6 is 0 Å². The molecule has 1 aromatic rings. The van der Waals surface area contributed by atoms with Crippen molar-refractivity contribution in [2.75, 3.05) is 6.54 Å². The number of aromatic nitrogens is 3. The Balaban J connectivity index is 1.91. The standard InChI is InChI=1S/C11H18FN5O/c1-7(2)14-11(18)10-6-17(16-15-10)5-9-3-8(12)4-13-9/h6-9,13H,3-5H2,1-2H3,(H,14,18)/t8-,9-/m0/s1. The van der Waals surface area contributed by atoms with E-state index in [4.69, 9.17) is 0 Å². The third-order valence-electron chi connectivity index (χ3n) is 2.77. The number of carbonyl (C=O) groups is 1. The predicted octanol–water partition coefficient (Wildman–Crippen LogP) is 0.116. The normalized spacial score (nSPS) is 23.6. The van der Waals surface area contributed by atoms with Gasteiger partial charge in [-0.3, -0.25) is 9.48 Å². The van der Waals surface area contributed by atoms with Crippen LogP contribution in [0.4, 0.5) is 4.39 Å². The number of rotatable bonds is 4. The predicted molar refractivity (Wildman–Crippen MR) is 63.9 cm³/mol. The largest absolute Gasteiger partial charge is 0.348 e. The van der Waals surface area contributed by atoms with Crippen molar-refractivity contribution >= 4 is 5.91 Å². The average Bonchev–Trinajstić information content (AvgIpc) is 2.87. The number of alkyl halides is 1. The smallest absolute Gasteiger partial charge is 0.273 e. The molecule has 100 valence electrons. The molecular weight excluding hydrogens is 237 g/mol. The maximum Gasteiger partial charge on any atom is 0.273 e. The molecule has 0 unspecified atom stereocenters. The molecule has 1 aliphatic heterocycles. The Morgan fingerprint density at radius 3 is 3.11 bits per heavy atom. The minimum Gasteiger partial charge on any atom is -0.348 e. The molecule has 6 nitrogen and oxygen atoms in total. The average molecular weight is 255 g/mol. The fraction of sp³-hybridized carbons (Fsp3) is 0.727. The van der Waals surface area contributed by atoms with Crippen LogP contribution in [0.5, 0.6) is 0 Å². The van der Waals surface area contributed by atoms with Gasteiger partial charge in [0.2, 0.25) is 0 Å². The Morgan fingerprint density at radius 1 is 1.72 bits per heavy atom. The second-order valence-electron chi connectivity index (χ2n) is 4.89. The van der Waals surface area contributed by atoms with Crippen LogP contribution in [0.25, 0.3) is 0 Å². The summed E-state index contributed by atoms with van der Waals surface area (Å²) in [6, 6.07) is 0.120. The lowest BCUT2D eigenvalue weighted by Crippen LogP contribution is -2.30. The van der Waals surface area contributed by atoms with Gasteiger partial charge in [-0.2, -0.15) is 0 Å². The van der Waals surface area contributed by atoms with Gasteiger partial charge in [-0.1, -0.05) is 5.21 Å². The van der Waals surface area contributed by atoms with E-state index >= 15 is 0 Å². The summed E-state index contributed by atoms with van der Waals surface area (Å²) in [6.07, 6.45) is 1.28. The van der Waals surface area contributed by atoms with Crippen LogP contribution in [0.15, 0.2) is 6.20 Å². The highest BCUT2D eigenvalue weighted by Crippen LogP contribution is 2.11. The zero-order valence-corrected chi connectivity index (χ0v) is 10.6. The number of nitrogens with one attached hydrogen (secondary N) is 2. The van der Waals surface area contributed by atoms with Crippen molar-refractivity contribution in [3.05, 3.63) is 11.9 Å². The first-order chi connectivity index (χ1) is 8.54. The maximum atomic E-state index is 13.0. The van der Waals surface area contributed by atoms with E-state index in [9.17, 15) is 9.18 Å². The molecule has 1 aromatic heterocycles. The number of amides is 1. The van der Waals surface area contributed by atoms with Gasteiger partial charge in [0, 0.05) is 18.6 Å². The fourth-order valence-corrected chi connectivity index (χ4v) is 1.96. The lowest BCUT2D eigenvalue weighted by Gasteiger charge is -2.08. The van der Waals surface area contributed by atoms with E-state index in [0.717, 1.165) is 0 Å². The van der Waals surface area contributed by atoms with Crippen molar-refractivity contribution < 1.29 is 9.18 Å². The van der Waals surface area contributed by atoms with Crippen LogP contribution in [0.2, 0.25) is 0 Å². The molecule has 0 bridgehead atoms. The first kappa shape index (κ1) is 12.9. The van der Waals surface area contributed by atoms with E-state index in [-0.39, 0.29) is 18.0 Å². The van der Waals surface area contributed by atoms with E-state index in [0.29, 0.717) is 25.2 Å². The maximum absolute atomic E-state index is 13.0. The molecule has 18 heavy (non-hydrogen) atoms. The van der Waals surface area contributed by atoms with Gasteiger partial charge < -0.3 is 10.6 Å². The van der Waals surface area contributed by atoms with E-state index in [1.54, 1.807) is 10.9 Å². The number of hydrogen-bond donors (Lipinski definition) is 2. The zero-order chi connectivity index (χ0) is 13.1. The molecule has 0 aromatic carbocycles. The molecule has 0 radical (unpaired) electrons. The van der Waals surface area contributed by atoms with Crippen LogP contribution in [0.3, 0.4) is 0 Å². The second-order valence-corrected chi connectivity index (χ2v) is 4.89. The molecule has 0 spiro atoms. The Kier molecular flexibility index (Phi) is 3.90. The molecule has 0 aliphatic carbocycles. The van der Waals surface area contributed by atoms with Crippen molar-refractivity contribution in [1.82, 2.24) is 25.6 Å². The molecule has 1 fully saturated rings. The highest BCUT2D eigenvalue weighted by Gasteiger charge is 2.24. The second kappa shape index (κ2) is 5.43. The third-order valence-corrected chi connectivity index (χ3v) is 2.77. The summed E-state index contributed by atoms with van der Waals surface area (Å²) in [7, 11) is 0. The molecule has 1 saturated heterocycles. The Morgan fingerprint density at radius 2 is 2.50 bits per heavy atom. The summed E-state index contributed by atoms with van der Waals surface area (Å²) < 4.78 is 14.6. The van der Waals surface area contributed by atoms with Crippen LogP contribution in [-0.2, 0) is 6.54 Å². The van der Waals surface area contributed by atoms with Crippen molar-refractivity contribution in [3.8, 4) is 0 Å². The van der Waals surface area contributed by atoms with Gasteiger partial charge in [-0.25, -0.2) is 4.39 Å². The molecule has 0 saturated carbocycles. The summed E-state index contributed by atoms with van der Waals surface area (Å²) in [6.45, 7) is 4.68. The topological polar surface area (TPSA) is 71.8 Å². The fourth-order valence-electron chi connectivity index (χ4n) is 1.96. The van der Waals surface area contributed by atoms with E-state index < -0.39 is 6.17 Å². The van der Waals surface area contributed by atoms with Crippen LogP contribution < -0.4 is 10.6 Å². The quantitative estimate of drug-likeness (QED) is 0.801. The number of carbonyl (C=O) groups excluding carboxylic acids is 1. The van der Waals surface area contributed by atoms with E-state index in [2.05, 4.69) is 20.9 Å². The summed E-state index contributed by atoms with van der Waals surface area (Å²) in [5.41, 5.74) is 0.290. The Labute approximate surface area is 105 Å². The minimum absolute atomic E-state index is 0.0581. The SMILES string of the molecule is CC(C)NC(=O)c1cn(C[C@@H]2C[C@H](F)CN2)nn1. The van der Waals surface area contributed by atoms with Gasteiger partial charge in [0.25, 0.3) is 5.91 Å². The molecular formula is C11H18FN5O.